The number of hydrogen-bond donors (Lipinski definition) is 0. The molecule has 2 aliphatic carbocycles. The van der Waals surface area contributed by atoms with Gasteiger partial charge in [0.1, 0.15) is 36.6 Å². The summed E-state index contributed by atoms with van der Waals surface area (Å²) in [5.74, 6) is -0.570. The van der Waals surface area contributed by atoms with Gasteiger partial charge in [-0.25, -0.2) is 0 Å². The molecule has 8 nitrogen and oxygen atoms in total. The number of hydrogen-bond acceptors (Lipinski definition) is 8. The van der Waals surface area contributed by atoms with E-state index < -0.39 is 5.79 Å². The van der Waals surface area contributed by atoms with Gasteiger partial charge in [0.05, 0.1) is 17.8 Å². The van der Waals surface area contributed by atoms with E-state index in [1.807, 2.05) is 7.11 Å². The Hall–Kier alpha value is -0.320. The van der Waals surface area contributed by atoms with Crippen LogP contribution in [0.3, 0.4) is 0 Å². The van der Waals surface area contributed by atoms with E-state index in [4.69, 9.17) is 37.9 Å². The lowest BCUT2D eigenvalue weighted by Gasteiger charge is -2.46. The van der Waals surface area contributed by atoms with Crippen LogP contribution >= 0.6 is 0 Å². The van der Waals surface area contributed by atoms with Crippen molar-refractivity contribution in [3.8, 4) is 0 Å². The van der Waals surface area contributed by atoms with Crippen molar-refractivity contribution in [1.29, 1.82) is 0 Å². The predicted octanol–water partition coefficient (Wildman–Crippen LogP) is 12.5. The zero-order chi connectivity index (χ0) is 40.5. The van der Waals surface area contributed by atoms with E-state index in [9.17, 15) is 0 Å². The number of methoxy groups -OCH3 is 1. The van der Waals surface area contributed by atoms with Crippen LogP contribution in [0.2, 0.25) is 0 Å². The minimum atomic E-state index is -0.570. The Morgan fingerprint density at radius 2 is 0.929 bits per heavy atom. The first-order valence-electron chi connectivity index (χ1n) is 24.3. The molecule has 3 rings (SSSR count). The molecular formula is C48H92O8. The zero-order valence-corrected chi connectivity index (χ0v) is 38.1. The third-order valence-electron chi connectivity index (χ3n) is 12.8. The standard InChI is InChI=1S/C48H92O8/c1-9-14-18-19-20-21-22-23-24-25-26-28-31-39(49-8)40(54-47(6,7)13-5)32-38-53-42-41(50-35-15-10-2)43(51-36-16-11-3)45-46(44(42)52-37-17-12-4)56-48(55-45)33-29-27-30-34-48/h39-46H,9-38H2,1-8H3/t39-,40+,41?,42-,43-,44?,45-,46?/m1/s1. The summed E-state index contributed by atoms with van der Waals surface area (Å²) in [6.45, 7) is 18.0. The molecule has 0 bridgehead atoms. The first-order valence-corrected chi connectivity index (χ1v) is 24.3. The summed E-state index contributed by atoms with van der Waals surface area (Å²) in [6.07, 6.45) is 28.4. The van der Waals surface area contributed by atoms with E-state index in [1.54, 1.807) is 0 Å². The summed E-state index contributed by atoms with van der Waals surface area (Å²) in [6, 6.07) is 0. The van der Waals surface area contributed by atoms with Crippen LogP contribution < -0.4 is 0 Å². The van der Waals surface area contributed by atoms with Gasteiger partial charge in [-0.15, -0.1) is 0 Å². The first kappa shape index (κ1) is 50.0. The van der Waals surface area contributed by atoms with Gasteiger partial charge >= 0.3 is 0 Å². The Morgan fingerprint density at radius 3 is 1.38 bits per heavy atom. The fourth-order valence-corrected chi connectivity index (χ4v) is 8.87. The maximum Gasteiger partial charge on any atom is 0.169 e. The molecule has 8 heteroatoms. The maximum atomic E-state index is 7.08. The zero-order valence-electron chi connectivity index (χ0n) is 38.1. The van der Waals surface area contributed by atoms with E-state index in [2.05, 4.69) is 48.5 Å². The Kier molecular flexibility index (Phi) is 25.9. The van der Waals surface area contributed by atoms with Crippen LogP contribution in [0.1, 0.15) is 215 Å². The van der Waals surface area contributed by atoms with Crippen LogP contribution in [0.5, 0.6) is 0 Å². The lowest BCUT2D eigenvalue weighted by molar-refractivity contribution is -0.246. The van der Waals surface area contributed by atoms with Crippen molar-refractivity contribution < 1.29 is 37.9 Å². The molecular weight excluding hydrogens is 705 g/mol. The number of unbranched alkanes of at least 4 members (excludes halogenated alkanes) is 14. The first-order chi connectivity index (χ1) is 27.3. The fourth-order valence-electron chi connectivity index (χ4n) is 8.87. The lowest BCUT2D eigenvalue weighted by Crippen LogP contribution is -2.65. The Labute approximate surface area is 346 Å². The molecule has 0 N–H and O–H groups in total. The molecule has 332 valence electrons. The molecule has 2 saturated carbocycles. The summed E-state index contributed by atoms with van der Waals surface area (Å²) in [7, 11) is 1.86. The summed E-state index contributed by atoms with van der Waals surface area (Å²) in [4.78, 5) is 0. The Morgan fingerprint density at radius 1 is 0.500 bits per heavy atom. The molecule has 1 aliphatic heterocycles. The molecule has 0 radical (unpaired) electrons. The van der Waals surface area contributed by atoms with Gasteiger partial charge in [-0.1, -0.05) is 137 Å². The highest BCUT2D eigenvalue weighted by Crippen LogP contribution is 2.47. The molecule has 1 saturated heterocycles. The molecule has 3 fully saturated rings. The molecule has 0 aromatic heterocycles. The average molecular weight is 797 g/mol. The SMILES string of the molecule is CCCCCCCCCCCCCC[C@@H](OC)[C@H](CCO[C@H]1C(OCCCC)C2OC3(CCCCC3)O[C@@H]2[C@H](OCCCC)C1OCCCC)OC(C)(C)CC. The number of rotatable bonds is 34. The number of fused-ring (bicyclic) bond motifs is 1. The fraction of sp³-hybridized carbons (Fsp3) is 1.00. The lowest BCUT2D eigenvalue weighted by atomic mass is 9.84. The van der Waals surface area contributed by atoms with Gasteiger partial charge in [-0.05, 0) is 65.2 Å². The third-order valence-corrected chi connectivity index (χ3v) is 12.8. The van der Waals surface area contributed by atoms with Crippen molar-refractivity contribution in [3.05, 3.63) is 0 Å². The second-order valence-corrected chi connectivity index (χ2v) is 18.0. The minimum Gasteiger partial charge on any atom is -0.379 e. The minimum absolute atomic E-state index is 0.0133. The second-order valence-electron chi connectivity index (χ2n) is 18.0. The quantitative estimate of drug-likeness (QED) is 0.0596. The van der Waals surface area contributed by atoms with E-state index in [0.29, 0.717) is 26.4 Å². The van der Waals surface area contributed by atoms with Crippen molar-refractivity contribution >= 4 is 0 Å². The summed E-state index contributed by atoms with van der Waals surface area (Å²) in [5, 5.41) is 0. The van der Waals surface area contributed by atoms with Gasteiger partial charge in [-0.3, -0.25) is 0 Å². The highest BCUT2D eigenvalue weighted by molar-refractivity contribution is 5.08. The van der Waals surface area contributed by atoms with E-state index in [1.165, 1.54) is 77.0 Å². The summed E-state index contributed by atoms with van der Waals surface area (Å²) in [5.41, 5.74) is -0.255. The summed E-state index contributed by atoms with van der Waals surface area (Å²) < 4.78 is 54.7. The van der Waals surface area contributed by atoms with Crippen molar-refractivity contribution in [2.75, 3.05) is 33.5 Å². The second kappa shape index (κ2) is 29.0. The van der Waals surface area contributed by atoms with Gasteiger partial charge in [0.2, 0.25) is 0 Å². The smallest absolute Gasteiger partial charge is 0.169 e. The molecule has 0 aromatic carbocycles. The normalized spacial score (nSPS) is 26.1. The monoisotopic (exact) mass is 797 g/mol. The molecule has 3 unspecified atom stereocenters. The van der Waals surface area contributed by atoms with Gasteiger partial charge in [-0.2, -0.15) is 0 Å². The van der Waals surface area contributed by atoms with Gasteiger partial charge in [0.25, 0.3) is 0 Å². The highest BCUT2D eigenvalue weighted by atomic mass is 16.8. The number of ether oxygens (including phenoxy) is 8. The van der Waals surface area contributed by atoms with Crippen molar-refractivity contribution in [2.45, 2.75) is 276 Å². The Balaban J connectivity index is 1.72. The van der Waals surface area contributed by atoms with Gasteiger partial charge in [0, 0.05) is 46.4 Å². The van der Waals surface area contributed by atoms with Crippen LogP contribution in [-0.4, -0.2) is 93.8 Å². The average Bonchev–Trinajstić information content (AvgIpc) is 3.56. The van der Waals surface area contributed by atoms with Crippen molar-refractivity contribution in [2.24, 2.45) is 0 Å². The van der Waals surface area contributed by atoms with Crippen LogP contribution in [0.15, 0.2) is 0 Å². The molecule has 0 aromatic rings. The van der Waals surface area contributed by atoms with Crippen molar-refractivity contribution in [3.63, 3.8) is 0 Å². The predicted molar refractivity (Wildman–Crippen MR) is 230 cm³/mol. The van der Waals surface area contributed by atoms with Gasteiger partial charge < -0.3 is 37.9 Å². The van der Waals surface area contributed by atoms with E-state index in [-0.39, 0.29) is 54.4 Å². The molecule has 1 spiro atoms. The molecule has 56 heavy (non-hydrogen) atoms. The highest BCUT2D eigenvalue weighted by Gasteiger charge is 2.62. The summed E-state index contributed by atoms with van der Waals surface area (Å²) >= 11 is 0. The van der Waals surface area contributed by atoms with Crippen LogP contribution in [0.25, 0.3) is 0 Å². The molecule has 0 amide bonds. The largest absolute Gasteiger partial charge is 0.379 e. The topological polar surface area (TPSA) is 73.8 Å². The van der Waals surface area contributed by atoms with Crippen LogP contribution in [0.4, 0.5) is 0 Å². The van der Waals surface area contributed by atoms with Crippen molar-refractivity contribution in [1.82, 2.24) is 0 Å². The van der Waals surface area contributed by atoms with Crippen LogP contribution in [0, 0.1) is 0 Å². The van der Waals surface area contributed by atoms with E-state index >= 15 is 0 Å². The Bertz CT molecular complexity index is 940. The van der Waals surface area contributed by atoms with Gasteiger partial charge in [0.15, 0.2) is 5.79 Å². The molecule has 8 atom stereocenters. The van der Waals surface area contributed by atoms with E-state index in [0.717, 1.165) is 89.9 Å². The third kappa shape index (κ3) is 17.3. The molecule has 3 aliphatic rings. The van der Waals surface area contributed by atoms with Crippen LogP contribution in [-0.2, 0) is 37.9 Å². The molecule has 1 heterocycles. The maximum absolute atomic E-state index is 7.08.